The molecule has 0 saturated heterocycles. The van der Waals surface area contributed by atoms with Crippen LogP contribution in [-0.2, 0) is 50.5 Å². The van der Waals surface area contributed by atoms with Crippen molar-refractivity contribution in [1.82, 2.24) is 0 Å². The van der Waals surface area contributed by atoms with Gasteiger partial charge in [0.2, 0.25) is 0 Å². The fraction of sp³-hybridized carbons (Fsp3) is 0.500. The minimum Gasteiger partial charge on any atom is -0.548 e. The van der Waals surface area contributed by atoms with Crippen LogP contribution < -0.4 is 10.2 Å². The average Bonchev–Trinajstić information content (AvgIpc) is 2.69. The van der Waals surface area contributed by atoms with Crippen molar-refractivity contribution < 1.29 is 112 Å². The molecule has 0 saturated carbocycles. The molecule has 10 N–H and O–H groups in total. The predicted molar refractivity (Wildman–Crippen MR) is 88.8 cm³/mol. The van der Waals surface area contributed by atoms with E-state index in [0.29, 0.717) is 0 Å². The largest absolute Gasteiger partial charge is 2.00 e. The fourth-order valence-electron chi connectivity index (χ4n) is 0. The minimum atomic E-state index is -1.44. The number of hydrogen-bond acceptors (Lipinski definition) is 14. The first-order valence-corrected chi connectivity index (χ1v) is 6.55. The van der Waals surface area contributed by atoms with Gasteiger partial charge in [-0.15, -0.1) is 0 Å². The Hall–Kier alpha value is -1.13. The molecule has 32 heavy (non-hydrogen) atoms. The number of carbonyl (C=O) groups is 6. The Morgan fingerprint density at radius 3 is 0.500 bits per heavy atom. The maximum Gasteiger partial charge on any atom is 2.00 e. The molecular formula is C12H22BaO18Ti. The van der Waals surface area contributed by atoms with Crippen LogP contribution in [0.3, 0.4) is 0 Å². The second-order valence-corrected chi connectivity index (χ2v) is 3.27. The van der Waals surface area contributed by atoms with E-state index in [-0.39, 0.29) is 70.6 Å². The molecular weight excluding hydrogens is 617 g/mol. The van der Waals surface area contributed by atoms with Gasteiger partial charge in [0.1, 0.15) is 26.4 Å². The van der Waals surface area contributed by atoms with Crippen LogP contribution in [0, 0.1) is 0 Å². The number of aliphatic hydroxyl groups is 6. The summed E-state index contributed by atoms with van der Waals surface area (Å²) in [6, 6.07) is 0. The molecule has 0 rings (SSSR count). The van der Waals surface area contributed by atoms with Gasteiger partial charge in [0, 0.05) is 21.7 Å². The quantitative estimate of drug-likeness (QED) is 0.121. The van der Waals surface area contributed by atoms with Gasteiger partial charge in [0.15, 0.2) is 0 Å². The number of aliphatic carboxylic acids is 6. The molecule has 0 atom stereocenters. The molecule has 0 bridgehead atoms. The van der Waals surface area contributed by atoms with E-state index in [4.69, 9.17) is 90.0 Å². The Morgan fingerprint density at radius 1 is 0.438 bits per heavy atom. The third-order valence-electron chi connectivity index (χ3n) is 0.799. The summed E-state index contributed by atoms with van der Waals surface area (Å²) < 4.78 is 0. The average molecular weight is 639 g/mol. The number of carboxylic acid groups (broad SMARTS) is 6. The van der Waals surface area contributed by atoms with Gasteiger partial charge < -0.3 is 70.9 Å². The first-order valence-electron chi connectivity index (χ1n) is 6.55. The maximum absolute atomic E-state index is 9.12. The number of rotatable bonds is 6. The Kier molecular flexibility index (Phi) is 78.3. The summed E-state index contributed by atoms with van der Waals surface area (Å²) in [6.45, 7) is -4.89. The van der Waals surface area contributed by atoms with Crippen LogP contribution >= 0.6 is 0 Å². The molecule has 184 valence electrons. The van der Waals surface area contributed by atoms with Crippen molar-refractivity contribution in [1.29, 1.82) is 0 Å². The number of carboxylic acids is 6. The molecule has 20 heteroatoms. The van der Waals surface area contributed by atoms with Crippen LogP contribution in [0.5, 0.6) is 0 Å². The van der Waals surface area contributed by atoms with Gasteiger partial charge in [-0.05, 0) is 0 Å². The standard InChI is InChI=1S/6C2H4O3.Ba.Ti/c6*3-1-2(4)5;;/h6*3H,1H2,(H,4,5);;/q;;;;;;+2;/p-2. The van der Waals surface area contributed by atoms with Crippen molar-refractivity contribution in [2.24, 2.45) is 0 Å². The van der Waals surface area contributed by atoms with E-state index in [1.54, 1.807) is 0 Å². The van der Waals surface area contributed by atoms with Gasteiger partial charge in [-0.1, -0.05) is 0 Å². The fourth-order valence-corrected chi connectivity index (χ4v) is 0. The van der Waals surface area contributed by atoms with E-state index in [1.807, 2.05) is 0 Å². The van der Waals surface area contributed by atoms with E-state index in [0.717, 1.165) is 0 Å². The molecule has 0 aliphatic rings. The van der Waals surface area contributed by atoms with Crippen LogP contribution in [0.25, 0.3) is 0 Å². The maximum atomic E-state index is 9.12. The molecule has 0 spiro atoms. The first kappa shape index (κ1) is 52.7. The van der Waals surface area contributed by atoms with Gasteiger partial charge in [0.25, 0.3) is 0 Å². The van der Waals surface area contributed by atoms with E-state index in [1.165, 1.54) is 0 Å². The molecule has 0 heterocycles. The Morgan fingerprint density at radius 2 is 0.500 bits per heavy atom. The smallest absolute Gasteiger partial charge is 0.548 e. The Labute approximate surface area is 234 Å². The summed E-state index contributed by atoms with van der Waals surface area (Å²) in [7, 11) is 0. The van der Waals surface area contributed by atoms with Crippen LogP contribution in [0.1, 0.15) is 0 Å². The molecule has 0 aromatic heterocycles. The van der Waals surface area contributed by atoms with E-state index < -0.39 is 75.5 Å². The molecule has 0 aliphatic carbocycles. The number of hydrogen-bond donors (Lipinski definition) is 10. The third-order valence-corrected chi connectivity index (χ3v) is 0.799. The summed E-state index contributed by atoms with van der Waals surface area (Å²) in [4.78, 5) is 54.5. The molecule has 0 fully saturated rings. The van der Waals surface area contributed by atoms with E-state index in [9.17, 15) is 0 Å². The zero-order valence-electron chi connectivity index (χ0n) is 16.2. The molecule has 0 radical (unpaired) electrons. The SMILES string of the molecule is O=C(O)CO.O=C(O)CO.O=C(O)CO.O=C(O)CO.O=C([O-])CO.O=C([O-])CO.[Ba+2].[Ti]. The molecule has 0 aromatic rings. The zero-order valence-corrected chi connectivity index (χ0v) is 22.2. The van der Waals surface area contributed by atoms with Gasteiger partial charge in [-0.3, -0.25) is 0 Å². The summed E-state index contributed by atoms with van der Waals surface area (Å²) in [5, 5.41) is 93.0. The Bertz CT molecular complexity index is 362. The molecule has 0 aromatic carbocycles. The summed E-state index contributed by atoms with van der Waals surface area (Å²) >= 11 is 0. The second-order valence-electron chi connectivity index (χ2n) is 3.27. The Balaban J connectivity index is -0.0000000356. The molecule has 0 aliphatic heterocycles. The van der Waals surface area contributed by atoms with Crippen molar-refractivity contribution >= 4 is 84.7 Å². The van der Waals surface area contributed by atoms with Crippen LogP contribution in [0.4, 0.5) is 0 Å². The van der Waals surface area contributed by atoms with Crippen molar-refractivity contribution in [2.75, 3.05) is 39.6 Å². The van der Waals surface area contributed by atoms with Crippen LogP contribution in [0.15, 0.2) is 0 Å². The van der Waals surface area contributed by atoms with E-state index >= 15 is 0 Å². The van der Waals surface area contributed by atoms with Crippen molar-refractivity contribution in [2.45, 2.75) is 0 Å². The normalized spacial score (nSPS) is 6.94. The third kappa shape index (κ3) is 190. The summed E-state index contributed by atoms with van der Waals surface area (Å²) in [5.74, 6) is -7.64. The van der Waals surface area contributed by atoms with Crippen LogP contribution in [-0.4, -0.2) is 175 Å². The van der Waals surface area contributed by atoms with Gasteiger partial charge >= 0.3 is 72.8 Å². The van der Waals surface area contributed by atoms with Crippen LogP contribution in [0.2, 0.25) is 0 Å². The number of carbonyl (C=O) groups excluding carboxylic acids is 2. The first-order chi connectivity index (χ1) is 13.6. The molecule has 0 amide bonds. The predicted octanol–water partition coefficient (Wildman–Crippen LogP) is -8.67. The molecule has 0 unspecified atom stereocenters. The molecule has 18 nitrogen and oxygen atoms in total. The van der Waals surface area contributed by atoms with Crippen molar-refractivity contribution in [3.05, 3.63) is 0 Å². The number of aliphatic hydroxyl groups excluding tert-OH is 6. The van der Waals surface area contributed by atoms with Gasteiger partial charge in [-0.25, -0.2) is 19.2 Å². The zero-order chi connectivity index (χ0) is 25.7. The second kappa shape index (κ2) is 47.6. The summed E-state index contributed by atoms with van der Waals surface area (Å²) in [6.07, 6.45) is 0. The van der Waals surface area contributed by atoms with Gasteiger partial charge in [-0.2, -0.15) is 0 Å². The minimum absolute atomic E-state index is 0. The monoisotopic (exact) mass is 640 g/mol. The summed E-state index contributed by atoms with van der Waals surface area (Å²) in [5.41, 5.74) is 0. The van der Waals surface area contributed by atoms with Crippen molar-refractivity contribution in [3.63, 3.8) is 0 Å². The van der Waals surface area contributed by atoms with E-state index in [2.05, 4.69) is 0 Å². The van der Waals surface area contributed by atoms with Crippen molar-refractivity contribution in [3.8, 4) is 0 Å². The van der Waals surface area contributed by atoms with Gasteiger partial charge in [0.05, 0.1) is 25.2 Å². The topological polar surface area (TPSA) is 351 Å².